The summed E-state index contributed by atoms with van der Waals surface area (Å²) in [7, 11) is 1.32. The van der Waals surface area contributed by atoms with Gasteiger partial charge in [0.25, 0.3) is 0 Å². The molecule has 2 aromatic rings. The summed E-state index contributed by atoms with van der Waals surface area (Å²) < 4.78 is 4.66. The summed E-state index contributed by atoms with van der Waals surface area (Å²) in [4.78, 5) is 23.6. The van der Waals surface area contributed by atoms with Gasteiger partial charge in [0.1, 0.15) is 0 Å². The van der Waals surface area contributed by atoms with Crippen molar-refractivity contribution in [3.05, 3.63) is 59.2 Å². The first-order valence-electron chi connectivity index (χ1n) is 6.84. The Morgan fingerprint density at radius 3 is 2.23 bits per heavy atom. The Hall–Kier alpha value is -2.82. The lowest BCUT2D eigenvalue weighted by Gasteiger charge is -2.12. The normalized spacial score (nSPS) is 9.95. The highest BCUT2D eigenvalue weighted by atomic mass is 16.5. The van der Waals surface area contributed by atoms with Crippen LogP contribution >= 0.6 is 0 Å². The average molecular weight is 298 g/mol. The van der Waals surface area contributed by atoms with Gasteiger partial charge in [-0.15, -0.1) is 0 Å². The van der Waals surface area contributed by atoms with Crippen LogP contribution in [0.2, 0.25) is 0 Å². The van der Waals surface area contributed by atoms with E-state index in [9.17, 15) is 9.59 Å². The van der Waals surface area contributed by atoms with Crippen LogP contribution in [0.1, 0.15) is 21.5 Å². The van der Waals surface area contributed by atoms with Gasteiger partial charge in [0.15, 0.2) is 0 Å². The van der Waals surface area contributed by atoms with Crippen molar-refractivity contribution >= 4 is 23.4 Å². The fourth-order valence-corrected chi connectivity index (χ4v) is 2.13. The number of ether oxygens (including phenoxy) is 1. The van der Waals surface area contributed by atoms with Crippen molar-refractivity contribution in [2.75, 3.05) is 17.7 Å². The molecule has 5 nitrogen and oxygen atoms in total. The number of nitrogens with one attached hydrogen (secondary N) is 2. The molecule has 114 valence electrons. The number of anilines is 2. The van der Waals surface area contributed by atoms with Crippen molar-refractivity contribution in [2.45, 2.75) is 13.8 Å². The van der Waals surface area contributed by atoms with Crippen LogP contribution < -0.4 is 10.6 Å². The van der Waals surface area contributed by atoms with Gasteiger partial charge in [0.05, 0.1) is 12.7 Å². The molecular weight excluding hydrogens is 280 g/mol. The van der Waals surface area contributed by atoms with Gasteiger partial charge in [-0.1, -0.05) is 24.3 Å². The van der Waals surface area contributed by atoms with E-state index in [1.165, 1.54) is 7.11 Å². The third-order valence-corrected chi connectivity index (χ3v) is 3.26. The molecule has 0 atom stereocenters. The Balaban J connectivity index is 2.11. The number of benzene rings is 2. The van der Waals surface area contributed by atoms with Gasteiger partial charge >= 0.3 is 12.0 Å². The highest BCUT2D eigenvalue weighted by Crippen LogP contribution is 2.20. The van der Waals surface area contributed by atoms with E-state index in [-0.39, 0.29) is 6.03 Å². The highest BCUT2D eigenvalue weighted by Gasteiger charge is 2.09. The maximum absolute atomic E-state index is 12.1. The summed E-state index contributed by atoms with van der Waals surface area (Å²) in [5.74, 6) is -0.446. The van der Waals surface area contributed by atoms with Gasteiger partial charge in [-0.25, -0.2) is 9.59 Å². The molecule has 0 aliphatic rings. The molecule has 5 heteroatoms. The zero-order valence-electron chi connectivity index (χ0n) is 12.8. The summed E-state index contributed by atoms with van der Waals surface area (Å²) in [6.45, 7) is 3.86. The second-order valence-electron chi connectivity index (χ2n) is 4.92. The van der Waals surface area contributed by atoms with E-state index in [1.54, 1.807) is 24.3 Å². The van der Waals surface area contributed by atoms with E-state index in [2.05, 4.69) is 15.4 Å². The molecule has 2 amide bonds. The molecule has 2 aromatic carbocycles. The number of aryl methyl sites for hydroxylation is 2. The van der Waals surface area contributed by atoms with Crippen LogP contribution in [0.15, 0.2) is 42.5 Å². The number of para-hydroxylation sites is 1. The second kappa shape index (κ2) is 6.76. The summed E-state index contributed by atoms with van der Waals surface area (Å²) in [6.07, 6.45) is 0. The molecule has 0 aromatic heterocycles. The highest BCUT2D eigenvalue weighted by molar-refractivity contribution is 6.01. The standard InChI is InChI=1S/C17H18N2O3/c1-11-6-4-7-12(2)15(11)19-17(21)18-14-9-5-8-13(10-14)16(20)22-3/h4-10H,1-3H3,(H2,18,19,21). The molecule has 0 aliphatic carbocycles. The molecule has 2 rings (SSSR count). The van der Waals surface area contributed by atoms with Crippen LogP contribution in [0.5, 0.6) is 0 Å². The number of amides is 2. The molecule has 22 heavy (non-hydrogen) atoms. The van der Waals surface area contributed by atoms with Gasteiger partial charge in [-0.05, 0) is 43.2 Å². The first kappa shape index (κ1) is 15.6. The number of carbonyl (C=O) groups is 2. The number of methoxy groups -OCH3 is 1. The molecule has 0 saturated carbocycles. The molecule has 0 bridgehead atoms. The second-order valence-corrected chi connectivity index (χ2v) is 4.92. The Morgan fingerprint density at radius 1 is 0.955 bits per heavy atom. The number of esters is 1. The van der Waals surface area contributed by atoms with Crippen molar-refractivity contribution in [3.8, 4) is 0 Å². The predicted molar refractivity (Wildman–Crippen MR) is 86.3 cm³/mol. The van der Waals surface area contributed by atoms with Gasteiger partial charge < -0.3 is 15.4 Å². The quantitative estimate of drug-likeness (QED) is 0.848. The molecule has 0 spiro atoms. The van der Waals surface area contributed by atoms with Crippen molar-refractivity contribution in [2.24, 2.45) is 0 Å². The van der Waals surface area contributed by atoms with Crippen LogP contribution in [0.3, 0.4) is 0 Å². The fraction of sp³-hybridized carbons (Fsp3) is 0.176. The predicted octanol–water partition coefficient (Wildman–Crippen LogP) is 3.73. The largest absolute Gasteiger partial charge is 0.465 e. The zero-order chi connectivity index (χ0) is 16.1. The number of carbonyl (C=O) groups excluding carboxylic acids is 2. The van der Waals surface area contributed by atoms with E-state index in [0.717, 1.165) is 16.8 Å². The third kappa shape index (κ3) is 3.63. The Morgan fingerprint density at radius 2 is 1.59 bits per heavy atom. The molecule has 0 saturated heterocycles. The van der Waals surface area contributed by atoms with Crippen LogP contribution in [0.4, 0.5) is 16.2 Å². The Bertz CT molecular complexity index is 691. The number of hydrogen-bond donors (Lipinski definition) is 2. The Kier molecular flexibility index (Phi) is 4.78. The minimum Gasteiger partial charge on any atom is -0.465 e. The molecule has 0 heterocycles. The van der Waals surface area contributed by atoms with Gasteiger partial charge in [0.2, 0.25) is 0 Å². The Labute approximate surface area is 129 Å². The van der Waals surface area contributed by atoms with Crippen LogP contribution in [-0.4, -0.2) is 19.1 Å². The lowest BCUT2D eigenvalue weighted by atomic mass is 10.1. The minimum absolute atomic E-state index is 0.362. The molecule has 0 radical (unpaired) electrons. The lowest BCUT2D eigenvalue weighted by molar-refractivity contribution is 0.0600. The maximum atomic E-state index is 12.1. The summed E-state index contributed by atoms with van der Waals surface area (Å²) in [5, 5.41) is 5.53. The van der Waals surface area contributed by atoms with Gasteiger partial charge in [-0.3, -0.25) is 0 Å². The van der Waals surface area contributed by atoms with Crippen LogP contribution in [0.25, 0.3) is 0 Å². The van der Waals surface area contributed by atoms with Gasteiger partial charge in [-0.2, -0.15) is 0 Å². The molecule has 0 fully saturated rings. The monoisotopic (exact) mass is 298 g/mol. The lowest BCUT2D eigenvalue weighted by Crippen LogP contribution is -2.20. The topological polar surface area (TPSA) is 67.4 Å². The van der Waals surface area contributed by atoms with Crippen molar-refractivity contribution in [1.82, 2.24) is 0 Å². The molecule has 2 N–H and O–H groups in total. The SMILES string of the molecule is COC(=O)c1cccc(NC(=O)Nc2c(C)cccc2C)c1. The van der Waals surface area contributed by atoms with Crippen LogP contribution in [0, 0.1) is 13.8 Å². The van der Waals surface area contributed by atoms with Crippen molar-refractivity contribution < 1.29 is 14.3 Å². The zero-order valence-corrected chi connectivity index (χ0v) is 12.8. The third-order valence-electron chi connectivity index (χ3n) is 3.26. The number of rotatable bonds is 3. The number of hydrogen-bond acceptors (Lipinski definition) is 3. The summed E-state index contributed by atoms with van der Waals surface area (Å²) in [5.41, 5.74) is 3.65. The molecule has 0 aliphatic heterocycles. The van der Waals surface area contributed by atoms with Gasteiger partial charge in [0, 0.05) is 11.4 Å². The number of urea groups is 1. The van der Waals surface area contributed by atoms with E-state index in [4.69, 9.17) is 0 Å². The van der Waals surface area contributed by atoms with E-state index in [1.807, 2.05) is 32.0 Å². The average Bonchev–Trinajstić information content (AvgIpc) is 2.50. The van der Waals surface area contributed by atoms with E-state index in [0.29, 0.717) is 11.3 Å². The van der Waals surface area contributed by atoms with E-state index < -0.39 is 5.97 Å². The smallest absolute Gasteiger partial charge is 0.337 e. The fourth-order valence-electron chi connectivity index (χ4n) is 2.13. The minimum atomic E-state index is -0.446. The summed E-state index contributed by atoms with van der Waals surface area (Å²) >= 11 is 0. The molecular formula is C17H18N2O3. The first-order valence-corrected chi connectivity index (χ1v) is 6.84. The van der Waals surface area contributed by atoms with Crippen LogP contribution in [-0.2, 0) is 4.74 Å². The van der Waals surface area contributed by atoms with Crippen molar-refractivity contribution in [3.63, 3.8) is 0 Å². The van der Waals surface area contributed by atoms with E-state index >= 15 is 0 Å². The first-order chi connectivity index (χ1) is 10.5. The molecule has 0 unspecified atom stereocenters. The maximum Gasteiger partial charge on any atom is 0.337 e. The van der Waals surface area contributed by atoms with Crippen molar-refractivity contribution in [1.29, 1.82) is 0 Å². The summed E-state index contributed by atoms with van der Waals surface area (Å²) in [6, 6.07) is 12.0.